The summed E-state index contributed by atoms with van der Waals surface area (Å²) in [5.41, 5.74) is 0. The van der Waals surface area contributed by atoms with Crippen LogP contribution in [0.2, 0.25) is 0 Å². The van der Waals surface area contributed by atoms with E-state index in [1.165, 1.54) is 18.6 Å². The van der Waals surface area contributed by atoms with Crippen LogP contribution in [0.4, 0.5) is 0 Å². The normalized spacial score (nSPS) is 21.1. The topological polar surface area (TPSA) is 40.1 Å². The maximum Gasteiger partial charge on any atom is 0.0414 e. The van der Waals surface area contributed by atoms with Gasteiger partial charge in [0, 0.05) is 37.4 Å². The number of carbonyl (C=O) groups excluding carboxylic acids is 1. The maximum absolute atomic E-state index is 10.1. The quantitative estimate of drug-likeness (QED) is 0.438. The molecule has 1 rings (SSSR count). The van der Waals surface area contributed by atoms with Gasteiger partial charge in [-0.15, -0.1) is 0 Å². The second-order valence-corrected chi connectivity index (χ2v) is 5.73. The summed E-state index contributed by atoms with van der Waals surface area (Å²) < 4.78 is 0. The van der Waals surface area contributed by atoms with Crippen molar-refractivity contribution in [3.05, 3.63) is 0 Å². The Morgan fingerprint density at radius 2 is 2.23 bits per heavy atom. The standard InChI is InChI=1S/C8H14O2S2.Pd/c9-8(10)4-2-1-3-7-5-6-11-12-7;/h7H,1-6H2,(H,9,10);/p-1. The number of hydrogen-bond donors (Lipinski definition) is 0. The van der Waals surface area contributed by atoms with Crippen molar-refractivity contribution in [3.8, 4) is 0 Å². The van der Waals surface area contributed by atoms with Crippen LogP contribution in [0.15, 0.2) is 0 Å². The van der Waals surface area contributed by atoms with E-state index in [0.29, 0.717) is 0 Å². The smallest absolute Gasteiger partial charge is 0.0414 e. The van der Waals surface area contributed by atoms with Gasteiger partial charge in [0.2, 0.25) is 0 Å². The third kappa shape index (κ3) is 6.84. The Kier molecular flexibility index (Phi) is 8.69. The molecule has 1 atom stereocenters. The Bertz CT molecular complexity index is 149. The summed E-state index contributed by atoms with van der Waals surface area (Å²) in [5.74, 6) is 0.346. The van der Waals surface area contributed by atoms with Crippen molar-refractivity contribution >= 4 is 27.6 Å². The largest absolute Gasteiger partial charge is 0.550 e. The Hall–Kier alpha value is 0.832. The van der Waals surface area contributed by atoms with Gasteiger partial charge in [0.15, 0.2) is 0 Å². The van der Waals surface area contributed by atoms with E-state index in [2.05, 4.69) is 0 Å². The van der Waals surface area contributed by atoms with Crippen molar-refractivity contribution in [2.75, 3.05) is 5.75 Å². The van der Waals surface area contributed by atoms with Gasteiger partial charge in [-0.3, -0.25) is 0 Å². The Morgan fingerprint density at radius 1 is 1.46 bits per heavy atom. The molecule has 5 heteroatoms. The first kappa shape index (κ1) is 13.8. The molecule has 0 saturated carbocycles. The molecular formula is C8H13O2PdS2-. The van der Waals surface area contributed by atoms with E-state index in [4.69, 9.17) is 0 Å². The molecule has 1 saturated heterocycles. The number of unbranched alkanes of at least 4 members (excludes halogenated alkanes) is 1. The predicted octanol–water partition coefficient (Wildman–Crippen LogP) is 1.45. The van der Waals surface area contributed by atoms with Crippen LogP contribution in [0, 0.1) is 0 Å². The molecule has 1 heterocycles. The molecule has 0 aliphatic carbocycles. The first-order chi connectivity index (χ1) is 5.79. The van der Waals surface area contributed by atoms with Crippen LogP contribution in [0.5, 0.6) is 0 Å². The molecule has 0 spiro atoms. The van der Waals surface area contributed by atoms with Crippen LogP contribution in [0.1, 0.15) is 32.1 Å². The van der Waals surface area contributed by atoms with Gasteiger partial charge >= 0.3 is 0 Å². The zero-order valence-electron chi connectivity index (χ0n) is 7.27. The molecule has 1 fully saturated rings. The van der Waals surface area contributed by atoms with Crippen molar-refractivity contribution < 1.29 is 30.3 Å². The number of carbonyl (C=O) groups is 1. The van der Waals surface area contributed by atoms with Crippen LogP contribution in [0.3, 0.4) is 0 Å². The van der Waals surface area contributed by atoms with Gasteiger partial charge in [-0.2, -0.15) is 0 Å². The second-order valence-electron chi connectivity index (χ2n) is 2.95. The van der Waals surface area contributed by atoms with Gasteiger partial charge in [-0.1, -0.05) is 28.0 Å². The van der Waals surface area contributed by atoms with Crippen LogP contribution in [-0.2, 0) is 25.2 Å². The van der Waals surface area contributed by atoms with Gasteiger partial charge < -0.3 is 9.90 Å². The van der Waals surface area contributed by atoms with Crippen LogP contribution >= 0.6 is 21.6 Å². The summed E-state index contributed by atoms with van der Waals surface area (Å²) in [5, 5.41) is 10.8. The Morgan fingerprint density at radius 3 is 2.77 bits per heavy atom. The fourth-order valence-corrected chi connectivity index (χ4v) is 4.23. The zero-order valence-corrected chi connectivity index (χ0v) is 10.5. The average molecular weight is 312 g/mol. The summed E-state index contributed by atoms with van der Waals surface area (Å²) in [7, 11) is 3.89. The van der Waals surface area contributed by atoms with Crippen molar-refractivity contribution in [2.24, 2.45) is 0 Å². The third-order valence-corrected chi connectivity index (χ3v) is 4.89. The molecule has 1 aliphatic rings. The van der Waals surface area contributed by atoms with E-state index in [1.807, 2.05) is 21.6 Å². The van der Waals surface area contributed by atoms with E-state index >= 15 is 0 Å². The minimum Gasteiger partial charge on any atom is -0.550 e. The molecule has 0 amide bonds. The molecule has 0 aromatic carbocycles. The monoisotopic (exact) mass is 311 g/mol. The second kappa shape index (κ2) is 8.17. The molecule has 0 radical (unpaired) electrons. The Balaban J connectivity index is 0.00000144. The van der Waals surface area contributed by atoms with Gasteiger partial charge in [-0.05, 0) is 25.7 Å². The number of aliphatic carboxylic acids is 1. The van der Waals surface area contributed by atoms with Crippen molar-refractivity contribution in [1.29, 1.82) is 0 Å². The summed E-state index contributed by atoms with van der Waals surface area (Å²) in [6.45, 7) is 0. The molecule has 0 aromatic rings. The fourth-order valence-electron chi connectivity index (χ4n) is 1.21. The molecule has 80 valence electrons. The van der Waals surface area contributed by atoms with E-state index in [1.54, 1.807) is 0 Å². The van der Waals surface area contributed by atoms with Gasteiger partial charge in [0.1, 0.15) is 0 Å². The number of hydrogen-bond acceptors (Lipinski definition) is 4. The molecule has 2 nitrogen and oxygen atoms in total. The summed E-state index contributed by atoms with van der Waals surface area (Å²) in [6, 6.07) is 0. The minimum absolute atomic E-state index is 0. The van der Waals surface area contributed by atoms with E-state index in [-0.39, 0.29) is 26.8 Å². The molecule has 1 aliphatic heterocycles. The minimum atomic E-state index is -0.913. The Labute approximate surface area is 101 Å². The van der Waals surface area contributed by atoms with Gasteiger partial charge in [-0.25, -0.2) is 0 Å². The van der Waals surface area contributed by atoms with Crippen LogP contribution in [0.25, 0.3) is 0 Å². The van der Waals surface area contributed by atoms with Crippen molar-refractivity contribution in [1.82, 2.24) is 0 Å². The summed E-state index contributed by atoms with van der Waals surface area (Å²) in [6.07, 6.45) is 4.51. The first-order valence-electron chi connectivity index (χ1n) is 4.27. The summed E-state index contributed by atoms with van der Waals surface area (Å²) >= 11 is 0. The van der Waals surface area contributed by atoms with Crippen molar-refractivity contribution in [3.63, 3.8) is 0 Å². The SMILES string of the molecule is O=C([O-])CCCCC1CCSS1.[Pd]. The molecule has 0 aromatic heterocycles. The van der Waals surface area contributed by atoms with Gasteiger partial charge in [0.05, 0.1) is 0 Å². The van der Waals surface area contributed by atoms with Gasteiger partial charge in [0.25, 0.3) is 0 Å². The summed E-state index contributed by atoms with van der Waals surface area (Å²) in [4.78, 5) is 10.1. The molecule has 0 bridgehead atoms. The van der Waals surface area contributed by atoms with Crippen LogP contribution in [-0.4, -0.2) is 17.0 Å². The molecule has 1 unspecified atom stereocenters. The van der Waals surface area contributed by atoms with Crippen molar-refractivity contribution in [2.45, 2.75) is 37.4 Å². The number of carboxylic acid groups (broad SMARTS) is 1. The zero-order chi connectivity index (χ0) is 8.81. The fraction of sp³-hybridized carbons (Fsp3) is 0.875. The maximum atomic E-state index is 10.1. The van der Waals surface area contributed by atoms with Crippen LogP contribution < -0.4 is 5.11 Å². The van der Waals surface area contributed by atoms with E-state index < -0.39 is 5.97 Å². The van der Waals surface area contributed by atoms with E-state index in [0.717, 1.165) is 18.1 Å². The van der Waals surface area contributed by atoms with E-state index in [9.17, 15) is 9.90 Å². The third-order valence-electron chi connectivity index (χ3n) is 1.88. The number of rotatable bonds is 5. The molecule has 13 heavy (non-hydrogen) atoms. The molecule has 0 N–H and O–H groups in total. The molecular weight excluding hydrogens is 299 g/mol. The number of carboxylic acids is 1. The first-order valence-corrected chi connectivity index (χ1v) is 6.65. The predicted molar refractivity (Wildman–Crippen MR) is 51.9 cm³/mol. The average Bonchev–Trinajstić information content (AvgIpc) is 2.49.